The van der Waals surface area contributed by atoms with Crippen LogP contribution in [0.3, 0.4) is 0 Å². The Kier molecular flexibility index (Phi) is 9.64. The maximum Gasteiger partial charge on any atom is 0.223 e. The maximum absolute atomic E-state index is 11.6. The van der Waals surface area contributed by atoms with Crippen molar-refractivity contribution in [3.05, 3.63) is 59.2 Å². The van der Waals surface area contributed by atoms with Crippen LogP contribution in [-0.2, 0) is 0 Å². The molecule has 0 aliphatic heterocycles. The van der Waals surface area contributed by atoms with Crippen LogP contribution < -0.4 is 44.1 Å². The van der Waals surface area contributed by atoms with Crippen molar-refractivity contribution >= 4 is 52.4 Å². The number of Topliss-reactive ketones (excluding diaryl/α,β-unsaturated/α-hetero) is 1. The van der Waals surface area contributed by atoms with Gasteiger partial charge in [-0.05, 0) is 63.2 Å². The van der Waals surface area contributed by atoms with Gasteiger partial charge >= 0.3 is 0 Å². The molecule has 0 saturated carbocycles. The summed E-state index contributed by atoms with van der Waals surface area (Å²) in [6.07, 6.45) is 0. The second kappa shape index (κ2) is 12.8. The zero-order chi connectivity index (χ0) is 27.5. The fourth-order valence-electron chi connectivity index (χ4n) is 2.80. The van der Waals surface area contributed by atoms with Crippen molar-refractivity contribution in [1.82, 2.24) is 16.3 Å². The zero-order valence-corrected chi connectivity index (χ0v) is 20.5. The molecule has 0 saturated heterocycles. The van der Waals surface area contributed by atoms with Gasteiger partial charge in [-0.15, -0.1) is 5.10 Å². The number of anilines is 2. The van der Waals surface area contributed by atoms with E-state index in [0.717, 1.165) is 0 Å². The van der Waals surface area contributed by atoms with Crippen molar-refractivity contribution in [2.45, 2.75) is 20.8 Å². The highest BCUT2D eigenvalue weighted by Gasteiger charge is 2.10. The molecule has 0 unspecified atom stereocenters. The SMILES string of the molecule is CC(=O)c1ccc(NC(=NNC(=N)N)Nc2cc(C(C)=NNC(=N)N)cc(C(C)=NNC(=N)N)c2)cc1. The minimum Gasteiger partial charge on any atom is -0.369 e. The first-order valence-corrected chi connectivity index (χ1v) is 10.7. The number of nitrogens with one attached hydrogen (secondary N) is 8. The van der Waals surface area contributed by atoms with Crippen molar-refractivity contribution in [1.29, 1.82) is 16.2 Å². The average molecular weight is 507 g/mol. The summed E-state index contributed by atoms with van der Waals surface area (Å²) in [7, 11) is 0. The average Bonchev–Trinajstić information content (AvgIpc) is 2.84. The molecule has 15 nitrogen and oxygen atoms in total. The summed E-state index contributed by atoms with van der Waals surface area (Å²) >= 11 is 0. The lowest BCUT2D eigenvalue weighted by atomic mass is 10.0. The van der Waals surface area contributed by atoms with E-state index in [1.165, 1.54) is 6.92 Å². The predicted molar refractivity (Wildman–Crippen MR) is 147 cm³/mol. The normalized spacial score (nSPS) is 11.8. The Morgan fingerprint density at radius 2 is 1.08 bits per heavy atom. The number of nitrogens with two attached hydrogens (primary N) is 3. The Morgan fingerprint density at radius 1 is 0.649 bits per heavy atom. The van der Waals surface area contributed by atoms with Gasteiger partial charge in [0.1, 0.15) is 0 Å². The Labute approximate surface area is 213 Å². The standard InChI is InChI=1S/C22H30N14O/c1-11(31-33-19(23)24)15-8-16(12(2)32-34-20(25)26)10-18(9-15)30-22(36-35-21(27)28)29-17-6-4-14(5-7-17)13(3)37/h4-10H,1-3H3,(H4,23,24,33)(H4,25,26,34)(H4,27,28,35)(H2,29,30,36). The van der Waals surface area contributed by atoms with Gasteiger partial charge in [-0.1, -0.05) is 0 Å². The van der Waals surface area contributed by atoms with Gasteiger partial charge in [-0.3, -0.25) is 21.0 Å². The predicted octanol–water partition coefficient (Wildman–Crippen LogP) is 0.581. The van der Waals surface area contributed by atoms with E-state index in [1.54, 1.807) is 56.3 Å². The summed E-state index contributed by atoms with van der Waals surface area (Å²) in [5, 5.41) is 40.5. The van der Waals surface area contributed by atoms with E-state index >= 15 is 0 Å². The molecule has 0 bridgehead atoms. The van der Waals surface area contributed by atoms with Crippen LogP contribution in [0.1, 0.15) is 42.3 Å². The molecule has 2 rings (SSSR count). The van der Waals surface area contributed by atoms with Crippen LogP contribution in [0.25, 0.3) is 0 Å². The first kappa shape index (κ1) is 27.8. The van der Waals surface area contributed by atoms with Gasteiger partial charge in [-0.2, -0.15) is 10.2 Å². The van der Waals surface area contributed by atoms with Crippen molar-refractivity contribution in [2.24, 2.45) is 32.5 Å². The second-order valence-electron chi connectivity index (χ2n) is 7.61. The number of nitrogens with zero attached hydrogens (tertiary/aromatic N) is 3. The largest absolute Gasteiger partial charge is 0.369 e. The Bertz CT molecular complexity index is 1230. The van der Waals surface area contributed by atoms with Crippen LogP contribution in [0.4, 0.5) is 11.4 Å². The number of hydrogen-bond acceptors (Lipinski definition) is 7. The lowest BCUT2D eigenvalue weighted by Gasteiger charge is -2.15. The van der Waals surface area contributed by atoms with E-state index < -0.39 is 0 Å². The highest BCUT2D eigenvalue weighted by atomic mass is 16.1. The fraction of sp³-hybridized carbons (Fsp3) is 0.136. The van der Waals surface area contributed by atoms with Crippen molar-refractivity contribution in [3.8, 4) is 0 Å². The topological polar surface area (TPSA) is 264 Å². The number of hydrazone groups is 3. The molecule has 194 valence electrons. The Balaban J connectivity index is 2.48. The van der Waals surface area contributed by atoms with Gasteiger partial charge in [0.2, 0.25) is 23.8 Å². The highest BCUT2D eigenvalue weighted by molar-refractivity contribution is 6.08. The van der Waals surface area contributed by atoms with E-state index in [0.29, 0.717) is 39.5 Å². The van der Waals surface area contributed by atoms with Gasteiger partial charge < -0.3 is 27.8 Å². The molecule has 2 aromatic carbocycles. The van der Waals surface area contributed by atoms with E-state index in [2.05, 4.69) is 42.2 Å². The smallest absolute Gasteiger partial charge is 0.223 e. The lowest BCUT2D eigenvalue weighted by Crippen LogP contribution is -2.31. The third-order valence-corrected chi connectivity index (χ3v) is 4.56. The van der Waals surface area contributed by atoms with Gasteiger partial charge in [0.25, 0.3) is 0 Å². The third-order valence-electron chi connectivity index (χ3n) is 4.56. The molecule has 15 heteroatoms. The van der Waals surface area contributed by atoms with Crippen LogP contribution in [-0.4, -0.2) is 41.0 Å². The van der Waals surface area contributed by atoms with Crippen LogP contribution in [0.2, 0.25) is 0 Å². The third kappa shape index (κ3) is 9.36. The second-order valence-corrected chi connectivity index (χ2v) is 7.61. The molecule has 0 aliphatic carbocycles. The van der Waals surface area contributed by atoms with Gasteiger partial charge in [0, 0.05) is 28.1 Å². The van der Waals surface area contributed by atoms with Crippen molar-refractivity contribution in [2.75, 3.05) is 10.6 Å². The molecule has 0 amide bonds. The zero-order valence-electron chi connectivity index (χ0n) is 20.5. The molecular formula is C22H30N14O. The summed E-state index contributed by atoms with van der Waals surface area (Å²) in [5.74, 6) is -0.890. The monoisotopic (exact) mass is 506 g/mol. The van der Waals surface area contributed by atoms with Gasteiger partial charge in [-0.25, -0.2) is 16.3 Å². The van der Waals surface area contributed by atoms with Crippen LogP contribution >= 0.6 is 0 Å². The molecular weight excluding hydrogens is 476 g/mol. The molecule has 14 N–H and O–H groups in total. The summed E-state index contributed by atoms with van der Waals surface area (Å²) in [4.78, 5) is 11.6. The number of benzene rings is 2. The van der Waals surface area contributed by atoms with E-state index in [1.807, 2.05) is 0 Å². The molecule has 0 atom stereocenters. The van der Waals surface area contributed by atoms with Gasteiger partial charge in [0.15, 0.2) is 5.78 Å². The van der Waals surface area contributed by atoms with Gasteiger partial charge in [0.05, 0.1) is 11.4 Å². The molecule has 0 aliphatic rings. The molecule has 2 aromatic rings. The molecule has 0 fully saturated rings. The Morgan fingerprint density at radius 3 is 1.51 bits per heavy atom. The number of guanidine groups is 4. The Hall–Kier alpha value is -5.47. The highest BCUT2D eigenvalue weighted by Crippen LogP contribution is 2.18. The van der Waals surface area contributed by atoms with E-state index in [4.69, 9.17) is 33.4 Å². The molecule has 37 heavy (non-hydrogen) atoms. The van der Waals surface area contributed by atoms with Crippen LogP contribution in [0.5, 0.6) is 0 Å². The number of carbonyl (C=O) groups is 1. The first-order valence-electron chi connectivity index (χ1n) is 10.7. The number of carbonyl (C=O) groups excluding carboxylic acids is 1. The summed E-state index contributed by atoms with van der Waals surface area (Å²) < 4.78 is 0. The molecule has 0 radical (unpaired) electrons. The van der Waals surface area contributed by atoms with E-state index in [-0.39, 0.29) is 29.6 Å². The summed E-state index contributed by atoms with van der Waals surface area (Å²) in [5.41, 5.74) is 27.3. The van der Waals surface area contributed by atoms with Crippen LogP contribution in [0, 0.1) is 16.2 Å². The van der Waals surface area contributed by atoms with E-state index in [9.17, 15) is 4.79 Å². The maximum atomic E-state index is 11.6. The first-order chi connectivity index (χ1) is 17.4. The molecule has 0 spiro atoms. The molecule has 0 aromatic heterocycles. The molecule has 0 heterocycles. The number of rotatable bonds is 8. The lowest BCUT2D eigenvalue weighted by molar-refractivity contribution is 0.101. The van der Waals surface area contributed by atoms with Crippen molar-refractivity contribution < 1.29 is 4.79 Å². The quantitative estimate of drug-likeness (QED) is 0.103. The summed E-state index contributed by atoms with van der Waals surface area (Å²) in [6.45, 7) is 4.92. The minimum atomic E-state index is -0.376. The van der Waals surface area contributed by atoms with Crippen molar-refractivity contribution in [3.63, 3.8) is 0 Å². The minimum absolute atomic E-state index is 0.0613. The number of hydrogen-bond donors (Lipinski definition) is 11. The van der Waals surface area contributed by atoms with Crippen LogP contribution in [0.15, 0.2) is 57.8 Å². The summed E-state index contributed by atoms with van der Waals surface area (Å²) in [6, 6.07) is 12.1. The fourth-order valence-corrected chi connectivity index (χ4v) is 2.80. The number of ketones is 1.